The molecule has 2 heterocycles. The van der Waals surface area contributed by atoms with Gasteiger partial charge >= 0.3 is 0 Å². The zero-order valence-electron chi connectivity index (χ0n) is 13.2. The Morgan fingerprint density at radius 1 is 1.43 bits per heavy atom. The Morgan fingerprint density at radius 3 is 2.86 bits per heavy atom. The van der Waals surface area contributed by atoms with E-state index in [0.29, 0.717) is 31.0 Å². The Labute approximate surface area is 149 Å². The average molecular weight is 429 g/mol. The number of guanidine groups is 1. The van der Waals surface area contributed by atoms with Gasteiger partial charge in [0.15, 0.2) is 5.96 Å². The number of rotatable bonds is 3. The summed E-state index contributed by atoms with van der Waals surface area (Å²) >= 11 is 2.08. The molecule has 0 radical (unpaired) electrons. The largest absolute Gasteiger partial charge is 0.376 e. The van der Waals surface area contributed by atoms with Gasteiger partial charge in [0.2, 0.25) is 0 Å². The molecular weight excluding hydrogens is 401 g/mol. The fraction of sp³-hybridized carbons (Fsp3) is 0.929. The van der Waals surface area contributed by atoms with E-state index < -0.39 is 0 Å². The molecule has 2 unspecified atom stereocenters. The molecule has 0 saturated carbocycles. The third-order valence-corrected chi connectivity index (χ3v) is 5.26. The lowest BCUT2D eigenvalue weighted by Crippen LogP contribution is -2.51. The molecule has 0 aliphatic carbocycles. The summed E-state index contributed by atoms with van der Waals surface area (Å²) in [5.74, 6) is 2.87. The molecule has 2 aliphatic heterocycles. The van der Waals surface area contributed by atoms with Crippen molar-refractivity contribution < 1.29 is 9.47 Å². The highest BCUT2D eigenvalue weighted by molar-refractivity contribution is 14.0. The second-order valence-electron chi connectivity index (χ2n) is 5.60. The van der Waals surface area contributed by atoms with Crippen LogP contribution in [0, 0.1) is 5.92 Å². The number of hydrogen-bond acceptors (Lipinski definition) is 4. The first-order valence-electron chi connectivity index (χ1n) is 7.47. The first-order valence-corrected chi connectivity index (χ1v) is 8.52. The van der Waals surface area contributed by atoms with Crippen molar-refractivity contribution in [2.75, 3.05) is 52.3 Å². The van der Waals surface area contributed by atoms with E-state index in [1.807, 2.05) is 7.05 Å². The third kappa shape index (κ3) is 6.11. The second kappa shape index (κ2) is 10.1. The van der Waals surface area contributed by atoms with Crippen molar-refractivity contribution in [1.82, 2.24) is 10.2 Å². The number of ether oxygens (including phenoxy) is 2. The van der Waals surface area contributed by atoms with Crippen LogP contribution in [0.4, 0.5) is 0 Å². The van der Waals surface area contributed by atoms with E-state index in [2.05, 4.69) is 40.8 Å². The van der Waals surface area contributed by atoms with Crippen LogP contribution in [-0.4, -0.2) is 74.5 Å². The highest BCUT2D eigenvalue weighted by Crippen LogP contribution is 2.24. The molecule has 0 spiro atoms. The molecule has 0 aromatic rings. The molecule has 0 bridgehead atoms. The number of nitrogens with zero attached hydrogens (tertiary/aromatic N) is 2. The number of halogens is 1. The van der Waals surface area contributed by atoms with Crippen LogP contribution in [0.1, 0.15) is 13.8 Å². The van der Waals surface area contributed by atoms with Crippen LogP contribution >= 0.6 is 35.7 Å². The molecule has 1 N–H and O–H groups in total. The molecule has 0 amide bonds. The van der Waals surface area contributed by atoms with Gasteiger partial charge in [-0.25, -0.2) is 0 Å². The molecule has 124 valence electrons. The summed E-state index contributed by atoms with van der Waals surface area (Å²) in [7, 11) is 1.85. The number of aliphatic imine (C=N–C) groups is 1. The van der Waals surface area contributed by atoms with Gasteiger partial charge in [0.1, 0.15) is 0 Å². The predicted octanol–water partition coefficient (Wildman–Crippen LogP) is 1.67. The Morgan fingerprint density at radius 2 is 2.24 bits per heavy atom. The number of nitrogens with one attached hydrogen (secondary N) is 1. The van der Waals surface area contributed by atoms with Crippen LogP contribution in [0.25, 0.3) is 0 Å². The van der Waals surface area contributed by atoms with E-state index in [1.165, 1.54) is 5.75 Å². The Balaban J connectivity index is 0.00000220. The molecule has 7 heteroatoms. The minimum Gasteiger partial charge on any atom is -0.376 e. The van der Waals surface area contributed by atoms with Gasteiger partial charge in [0, 0.05) is 37.7 Å². The van der Waals surface area contributed by atoms with E-state index in [9.17, 15) is 0 Å². The summed E-state index contributed by atoms with van der Waals surface area (Å²) in [5.41, 5.74) is 0. The Bertz CT molecular complexity index is 325. The van der Waals surface area contributed by atoms with Crippen molar-refractivity contribution in [3.8, 4) is 0 Å². The molecule has 2 aliphatic rings. The van der Waals surface area contributed by atoms with Crippen LogP contribution in [0.5, 0.6) is 0 Å². The zero-order valence-corrected chi connectivity index (χ0v) is 16.4. The lowest BCUT2D eigenvalue weighted by atomic mass is 10.1. The van der Waals surface area contributed by atoms with Crippen molar-refractivity contribution in [3.63, 3.8) is 0 Å². The Kier molecular flexibility index (Phi) is 9.31. The molecule has 2 rings (SSSR count). The van der Waals surface area contributed by atoms with Crippen molar-refractivity contribution in [3.05, 3.63) is 0 Å². The van der Waals surface area contributed by atoms with E-state index in [4.69, 9.17) is 9.47 Å². The first-order chi connectivity index (χ1) is 9.70. The van der Waals surface area contributed by atoms with Crippen LogP contribution in [0.2, 0.25) is 0 Å². The summed E-state index contributed by atoms with van der Waals surface area (Å²) in [5, 5.41) is 4.12. The van der Waals surface area contributed by atoms with Gasteiger partial charge < -0.3 is 19.7 Å². The summed E-state index contributed by atoms with van der Waals surface area (Å²) in [6, 6.07) is 0. The number of thioether (sulfide) groups is 1. The normalized spacial score (nSPS) is 27.4. The average Bonchev–Trinajstić information content (AvgIpc) is 2.49. The van der Waals surface area contributed by atoms with Crippen LogP contribution in [0.3, 0.4) is 0 Å². The maximum absolute atomic E-state index is 5.65. The van der Waals surface area contributed by atoms with Crippen molar-refractivity contribution >= 4 is 41.7 Å². The fourth-order valence-electron chi connectivity index (χ4n) is 2.46. The summed E-state index contributed by atoms with van der Waals surface area (Å²) in [6.07, 6.45) is 0.139. The monoisotopic (exact) mass is 429 g/mol. The van der Waals surface area contributed by atoms with Crippen molar-refractivity contribution in [2.24, 2.45) is 10.9 Å². The quantitative estimate of drug-likeness (QED) is 0.420. The standard InChI is InChI=1S/C14H27N3O2S.HI/c1-11(2)13-9-17(4-7-20-13)14(15-3)16-8-12-10-18-5-6-19-12;/h11-13H,4-10H2,1-3H3,(H,15,16);1H. The first kappa shape index (κ1) is 19.3. The molecule has 2 atom stereocenters. The predicted molar refractivity (Wildman–Crippen MR) is 100.0 cm³/mol. The van der Waals surface area contributed by atoms with Gasteiger partial charge in [0.05, 0.1) is 25.9 Å². The smallest absolute Gasteiger partial charge is 0.193 e. The lowest BCUT2D eigenvalue weighted by Gasteiger charge is -2.36. The van der Waals surface area contributed by atoms with Crippen molar-refractivity contribution in [1.29, 1.82) is 0 Å². The molecular formula is C14H28IN3O2S. The highest BCUT2D eigenvalue weighted by atomic mass is 127. The maximum atomic E-state index is 5.65. The molecule has 0 aromatic heterocycles. The highest BCUT2D eigenvalue weighted by Gasteiger charge is 2.25. The summed E-state index contributed by atoms with van der Waals surface area (Å²) < 4.78 is 11.1. The van der Waals surface area contributed by atoms with Gasteiger partial charge in [-0.3, -0.25) is 4.99 Å². The molecule has 2 fully saturated rings. The van der Waals surface area contributed by atoms with Crippen LogP contribution < -0.4 is 5.32 Å². The van der Waals surface area contributed by atoms with E-state index in [-0.39, 0.29) is 30.1 Å². The van der Waals surface area contributed by atoms with Crippen molar-refractivity contribution in [2.45, 2.75) is 25.2 Å². The van der Waals surface area contributed by atoms with E-state index in [1.54, 1.807) is 0 Å². The van der Waals surface area contributed by atoms with Crippen LogP contribution in [-0.2, 0) is 9.47 Å². The second-order valence-corrected chi connectivity index (χ2v) is 6.94. The fourth-order valence-corrected chi connectivity index (χ4v) is 3.76. The van der Waals surface area contributed by atoms with E-state index in [0.717, 1.165) is 25.6 Å². The van der Waals surface area contributed by atoms with Gasteiger partial charge in [-0.15, -0.1) is 24.0 Å². The molecule has 21 heavy (non-hydrogen) atoms. The SMILES string of the molecule is CN=C(NCC1COCCO1)N1CCSC(C(C)C)C1.I. The van der Waals surface area contributed by atoms with Gasteiger partial charge in [-0.2, -0.15) is 11.8 Å². The minimum atomic E-state index is 0. The van der Waals surface area contributed by atoms with Gasteiger partial charge in [0.25, 0.3) is 0 Å². The molecule has 5 nitrogen and oxygen atoms in total. The summed E-state index contributed by atoms with van der Waals surface area (Å²) in [6.45, 7) is 9.58. The van der Waals surface area contributed by atoms with Crippen LogP contribution in [0.15, 0.2) is 4.99 Å². The maximum Gasteiger partial charge on any atom is 0.193 e. The topological polar surface area (TPSA) is 46.1 Å². The lowest BCUT2D eigenvalue weighted by molar-refractivity contribution is -0.0851. The zero-order chi connectivity index (χ0) is 14.4. The molecule has 2 saturated heterocycles. The molecule has 0 aromatic carbocycles. The van der Waals surface area contributed by atoms with Gasteiger partial charge in [-0.05, 0) is 5.92 Å². The Hall–Kier alpha value is 0.270. The summed E-state index contributed by atoms with van der Waals surface area (Å²) in [4.78, 5) is 6.78. The minimum absolute atomic E-state index is 0. The van der Waals surface area contributed by atoms with E-state index >= 15 is 0 Å². The third-order valence-electron chi connectivity index (χ3n) is 3.72. The van der Waals surface area contributed by atoms with Gasteiger partial charge in [-0.1, -0.05) is 13.8 Å². The number of hydrogen-bond donors (Lipinski definition) is 1.